The van der Waals surface area contributed by atoms with Crippen molar-refractivity contribution in [1.82, 2.24) is 15.0 Å². The first-order chi connectivity index (χ1) is 14.2. The van der Waals surface area contributed by atoms with Gasteiger partial charge < -0.3 is 18.1 Å². The molecule has 172 valence electrons. The summed E-state index contributed by atoms with van der Waals surface area (Å²) in [4.78, 5) is 12.2. The van der Waals surface area contributed by atoms with E-state index in [4.69, 9.17) is 22.6 Å². The summed E-state index contributed by atoms with van der Waals surface area (Å²) in [6.45, 7) is 11.8. The number of aromatic nitrogens is 3. The van der Waals surface area contributed by atoms with Crippen LogP contribution in [0.3, 0.4) is 0 Å². The Balaban J connectivity index is 3.84. The van der Waals surface area contributed by atoms with Crippen LogP contribution in [0.2, 0.25) is 0 Å². The molecule has 11 nitrogen and oxygen atoms in total. The Morgan fingerprint density at radius 2 is 1.07 bits per heavy atom. The third kappa shape index (κ3) is 6.68. The highest BCUT2D eigenvalue weighted by Crippen LogP contribution is 2.50. The zero-order chi connectivity index (χ0) is 22.8. The Morgan fingerprint density at radius 1 is 0.667 bits per heavy atom. The molecule has 1 aromatic rings. The summed E-state index contributed by atoms with van der Waals surface area (Å²) in [6.07, 6.45) is 0.618. The van der Waals surface area contributed by atoms with Crippen LogP contribution in [0, 0.1) is 6.92 Å². The first kappa shape index (κ1) is 27.4. The van der Waals surface area contributed by atoms with E-state index >= 15 is 0 Å². The predicted octanol–water partition coefficient (Wildman–Crippen LogP) is 2.82. The lowest BCUT2D eigenvalue weighted by atomic mass is 10.6. The van der Waals surface area contributed by atoms with Crippen LogP contribution >= 0.6 is 22.6 Å². The number of hydrogen-bond acceptors (Lipinski definition) is 11. The maximum atomic E-state index is 13.5. The van der Waals surface area contributed by atoms with Gasteiger partial charge in [0.15, 0.2) is 6.61 Å². The molecular formula is C16H31N3O8P3+. The minimum Gasteiger partial charge on any atom is -0.323 e. The summed E-state index contributed by atoms with van der Waals surface area (Å²) in [5, 5.41) is 0. The van der Waals surface area contributed by atoms with E-state index in [-0.39, 0.29) is 44.8 Å². The quantitative estimate of drug-likeness (QED) is 0.267. The van der Waals surface area contributed by atoms with Gasteiger partial charge in [0.2, 0.25) is 16.7 Å². The summed E-state index contributed by atoms with van der Waals surface area (Å²) in [6, 6.07) is 0. The fourth-order valence-corrected chi connectivity index (χ4v) is 7.32. The molecule has 2 atom stereocenters. The van der Waals surface area contributed by atoms with Crippen LogP contribution in [-0.2, 0) is 36.3 Å². The van der Waals surface area contributed by atoms with E-state index in [9.17, 15) is 13.7 Å². The Labute approximate surface area is 178 Å². The molecule has 14 heteroatoms. The fourth-order valence-electron chi connectivity index (χ4n) is 2.40. The standard InChI is InChI=1S/C16H31N3O8P3/c1-7-13-28(20,23-8-2)14-17-15(29(21,24-9-3)25-10-4)19-16(18-14)30(22,26-11-5)27-12-6/h3,7-13H2,1-2,4-6H3/q+1. The van der Waals surface area contributed by atoms with Crippen LogP contribution in [0.4, 0.5) is 0 Å². The number of nitrogens with zero attached hydrogens (tertiary/aromatic N) is 3. The lowest BCUT2D eigenvalue weighted by Gasteiger charge is -2.21. The topological polar surface area (TPSA) is 136 Å². The van der Waals surface area contributed by atoms with Gasteiger partial charge >= 0.3 is 15.2 Å². The maximum Gasteiger partial charge on any atom is 0.402 e. The molecule has 0 aromatic carbocycles. The average molecular weight is 486 g/mol. The molecule has 2 unspecified atom stereocenters. The zero-order valence-electron chi connectivity index (χ0n) is 18.1. The second-order valence-electron chi connectivity index (χ2n) is 5.63. The molecule has 0 fully saturated rings. The van der Waals surface area contributed by atoms with E-state index < -0.39 is 33.7 Å². The molecule has 0 saturated carbocycles. The molecule has 1 rings (SSSR count). The molecule has 0 N–H and O–H groups in total. The molecule has 0 radical (unpaired) electrons. The van der Waals surface area contributed by atoms with Crippen LogP contribution < -0.4 is 16.7 Å². The molecule has 30 heavy (non-hydrogen) atoms. The minimum absolute atomic E-state index is 0.0142. The molecule has 0 bridgehead atoms. The van der Waals surface area contributed by atoms with Crippen molar-refractivity contribution in [3.8, 4) is 0 Å². The number of rotatable bonds is 15. The van der Waals surface area contributed by atoms with E-state index in [1.807, 2.05) is 6.92 Å². The van der Waals surface area contributed by atoms with Crippen molar-refractivity contribution in [1.29, 1.82) is 0 Å². The maximum absolute atomic E-state index is 13.5. The van der Waals surface area contributed by atoms with Crippen molar-refractivity contribution in [2.75, 3.05) is 39.2 Å². The molecule has 0 spiro atoms. The summed E-state index contributed by atoms with van der Waals surface area (Å²) >= 11 is 0. The highest BCUT2D eigenvalue weighted by molar-refractivity contribution is 7.67. The Kier molecular flexibility index (Phi) is 11.3. The lowest BCUT2D eigenvalue weighted by molar-refractivity contribution is 0.228. The molecule has 1 heterocycles. The van der Waals surface area contributed by atoms with Crippen molar-refractivity contribution in [2.24, 2.45) is 0 Å². The van der Waals surface area contributed by atoms with Gasteiger partial charge in [0, 0.05) is 6.16 Å². The van der Waals surface area contributed by atoms with Crippen molar-refractivity contribution >= 4 is 39.3 Å². The largest absolute Gasteiger partial charge is 0.402 e. The molecular weight excluding hydrogens is 455 g/mol. The van der Waals surface area contributed by atoms with Gasteiger partial charge in [0.1, 0.15) is 0 Å². The smallest absolute Gasteiger partial charge is 0.323 e. The fraction of sp³-hybridized carbons (Fsp3) is 0.750. The van der Waals surface area contributed by atoms with Gasteiger partial charge in [-0.2, -0.15) is 15.0 Å². The first-order valence-electron chi connectivity index (χ1n) is 9.77. The molecule has 0 aliphatic rings. The van der Waals surface area contributed by atoms with Crippen molar-refractivity contribution in [2.45, 2.75) is 41.0 Å². The second kappa shape index (κ2) is 12.4. The van der Waals surface area contributed by atoms with Crippen LogP contribution in [0.1, 0.15) is 41.0 Å². The van der Waals surface area contributed by atoms with Crippen LogP contribution in [-0.4, -0.2) is 54.1 Å². The van der Waals surface area contributed by atoms with Gasteiger partial charge in [-0.15, -0.1) is 0 Å². The molecule has 0 saturated heterocycles. The Bertz CT molecular complexity index is 676. The third-order valence-corrected chi connectivity index (χ3v) is 9.63. The molecule has 0 aliphatic heterocycles. The van der Waals surface area contributed by atoms with Gasteiger partial charge in [-0.1, -0.05) is 6.92 Å². The van der Waals surface area contributed by atoms with E-state index in [2.05, 4.69) is 21.9 Å². The summed E-state index contributed by atoms with van der Waals surface area (Å²) in [5.41, 5.74) is -1.18. The van der Waals surface area contributed by atoms with Gasteiger partial charge in [-0.05, 0) is 34.1 Å². The van der Waals surface area contributed by atoms with Crippen LogP contribution in [0.5, 0.6) is 0 Å². The van der Waals surface area contributed by atoms with Crippen molar-refractivity contribution < 1.29 is 36.3 Å². The number of hydrogen-bond donors (Lipinski definition) is 0. The van der Waals surface area contributed by atoms with E-state index in [1.165, 1.54) is 0 Å². The lowest BCUT2D eigenvalue weighted by Crippen LogP contribution is -2.38. The second-order valence-corrected chi connectivity index (χ2v) is 11.9. The third-order valence-electron chi connectivity index (χ3n) is 3.41. The average Bonchev–Trinajstić information content (AvgIpc) is 2.69. The Hall–Kier alpha value is -0.630. The summed E-state index contributed by atoms with van der Waals surface area (Å²) in [7, 11) is -11.7. The normalized spacial score (nSPS) is 16.2. The van der Waals surface area contributed by atoms with Crippen LogP contribution in [0.25, 0.3) is 0 Å². The van der Waals surface area contributed by atoms with E-state index in [0.29, 0.717) is 6.42 Å². The van der Waals surface area contributed by atoms with Gasteiger partial charge in [-0.25, -0.2) is 0 Å². The molecule has 0 amide bonds. The van der Waals surface area contributed by atoms with E-state index in [0.717, 1.165) is 0 Å². The van der Waals surface area contributed by atoms with Gasteiger partial charge in [0.25, 0.3) is 7.37 Å². The highest BCUT2D eigenvalue weighted by Gasteiger charge is 2.41. The first-order valence-corrected chi connectivity index (χ1v) is 14.7. The monoisotopic (exact) mass is 486 g/mol. The predicted molar refractivity (Wildman–Crippen MR) is 115 cm³/mol. The SMILES string of the molecule is [CH2+]COP(=O)(OCC)c1nc(P(=O)(CCC)OCC)nc(P(=O)(OCC)OCC)n1. The Morgan fingerprint density at radius 3 is 1.43 bits per heavy atom. The van der Waals surface area contributed by atoms with Gasteiger partial charge in [0.05, 0.1) is 33.4 Å². The zero-order valence-corrected chi connectivity index (χ0v) is 20.8. The minimum atomic E-state index is -4.07. The summed E-state index contributed by atoms with van der Waals surface area (Å²) < 4.78 is 66.6. The van der Waals surface area contributed by atoms with Crippen LogP contribution in [0.15, 0.2) is 0 Å². The highest BCUT2D eigenvalue weighted by atomic mass is 31.2. The molecule has 0 aliphatic carbocycles. The van der Waals surface area contributed by atoms with Crippen molar-refractivity contribution in [3.63, 3.8) is 0 Å². The van der Waals surface area contributed by atoms with Gasteiger partial charge in [-0.3, -0.25) is 18.2 Å². The van der Waals surface area contributed by atoms with Crippen molar-refractivity contribution in [3.05, 3.63) is 6.92 Å². The van der Waals surface area contributed by atoms with E-state index in [1.54, 1.807) is 27.7 Å². The summed E-state index contributed by atoms with van der Waals surface area (Å²) in [5.74, 6) is 0. The molecule has 1 aromatic heterocycles.